The highest BCUT2D eigenvalue weighted by Crippen LogP contribution is 2.14. The van der Waals surface area contributed by atoms with Crippen LogP contribution in [0.25, 0.3) is 0 Å². The third-order valence-corrected chi connectivity index (χ3v) is 4.85. The van der Waals surface area contributed by atoms with Crippen LogP contribution in [0.15, 0.2) is 29.3 Å². The van der Waals surface area contributed by atoms with Crippen LogP contribution in [0, 0.1) is 0 Å². The zero-order valence-corrected chi connectivity index (χ0v) is 17.3. The monoisotopic (exact) mass is 374 g/mol. The Morgan fingerprint density at radius 1 is 1.00 bits per heavy atom. The summed E-state index contributed by atoms with van der Waals surface area (Å²) >= 11 is 0. The number of hydrogen-bond acceptors (Lipinski definition) is 3. The summed E-state index contributed by atoms with van der Waals surface area (Å²) in [5.74, 6) is 0.895. The summed E-state index contributed by atoms with van der Waals surface area (Å²) < 4.78 is 5.37. The van der Waals surface area contributed by atoms with E-state index in [2.05, 4.69) is 46.7 Å². The van der Waals surface area contributed by atoms with E-state index in [4.69, 9.17) is 9.73 Å². The first-order valence-electron chi connectivity index (χ1n) is 10.7. The zero-order chi connectivity index (χ0) is 19.2. The number of likely N-dealkylation sites (tertiary alicyclic amines) is 1. The summed E-state index contributed by atoms with van der Waals surface area (Å²) in [6.45, 7) is 11.9. The van der Waals surface area contributed by atoms with Gasteiger partial charge in [0.1, 0.15) is 0 Å². The summed E-state index contributed by atoms with van der Waals surface area (Å²) in [5.41, 5.74) is 2.66. The van der Waals surface area contributed by atoms with Crippen LogP contribution in [0.2, 0.25) is 0 Å². The molecule has 0 bridgehead atoms. The molecule has 0 saturated carbocycles. The number of benzene rings is 1. The van der Waals surface area contributed by atoms with E-state index in [0.29, 0.717) is 6.54 Å². The van der Waals surface area contributed by atoms with Gasteiger partial charge in [-0.2, -0.15) is 0 Å². The molecule has 5 heteroatoms. The summed E-state index contributed by atoms with van der Waals surface area (Å²) in [6, 6.07) is 8.95. The largest absolute Gasteiger partial charge is 0.382 e. The third kappa shape index (κ3) is 9.25. The fraction of sp³-hybridized carbons (Fsp3) is 0.682. The second-order valence-electron chi connectivity index (χ2n) is 7.18. The molecule has 1 saturated heterocycles. The number of ether oxygens (including phenoxy) is 1. The molecule has 2 N–H and O–H groups in total. The number of hydrogen-bond donors (Lipinski definition) is 2. The van der Waals surface area contributed by atoms with Crippen LogP contribution in [0.4, 0.5) is 0 Å². The molecule has 5 nitrogen and oxygen atoms in total. The number of rotatable bonds is 11. The normalized spacial score (nSPS) is 15.7. The van der Waals surface area contributed by atoms with Crippen molar-refractivity contribution in [2.75, 3.05) is 39.4 Å². The SMILES string of the molecule is CCNC(=NCc1ccc(CN2CCCCC2)cc1)NCCCCOCC. The fourth-order valence-corrected chi connectivity index (χ4v) is 3.32. The van der Waals surface area contributed by atoms with Crippen molar-refractivity contribution in [3.63, 3.8) is 0 Å². The van der Waals surface area contributed by atoms with E-state index in [1.54, 1.807) is 0 Å². The van der Waals surface area contributed by atoms with Gasteiger partial charge in [-0.05, 0) is 63.7 Å². The van der Waals surface area contributed by atoms with Crippen molar-refractivity contribution >= 4 is 5.96 Å². The minimum atomic E-state index is 0.707. The van der Waals surface area contributed by atoms with Gasteiger partial charge in [-0.15, -0.1) is 0 Å². The zero-order valence-electron chi connectivity index (χ0n) is 17.3. The maximum absolute atomic E-state index is 5.37. The highest BCUT2D eigenvalue weighted by Gasteiger charge is 2.10. The van der Waals surface area contributed by atoms with E-state index in [9.17, 15) is 0 Å². The van der Waals surface area contributed by atoms with Gasteiger partial charge in [0.25, 0.3) is 0 Å². The predicted octanol–water partition coefficient (Wildman–Crippen LogP) is 3.54. The molecule has 0 atom stereocenters. The van der Waals surface area contributed by atoms with E-state index in [-0.39, 0.29) is 0 Å². The Labute approximate surface area is 165 Å². The quantitative estimate of drug-likeness (QED) is 0.353. The molecule has 1 aromatic rings. The molecule has 152 valence electrons. The first kappa shape index (κ1) is 21.7. The lowest BCUT2D eigenvalue weighted by Crippen LogP contribution is -2.37. The van der Waals surface area contributed by atoms with Crippen LogP contribution >= 0.6 is 0 Å². The third-order valence-electron chi connectivity index (χ3n) is 4.85. The highest BCUT2D eigenvalue weighted by molar-refractivity contribution is 5.79. The Hall–Kier alpha value is -1.59. The van der Waals surface area contributed by atoms with Crippen molar-refractivity contribution in [1.82, 2.24) is 15.5 Å². The minimum absolute atomic E-state index is 0.707. The molecule has 27 heavy (non-hydrogen) atoms. The van der Waals surface area contributed by atoms with Crippen LogP contribution in [0.3, 0.4) is 0 Å². The van der Waals surface area contributed by atoms with Crippen LogP contribution in [0.5, 0.6) is 0 Å². The topological polar surface area (TPSA) is 48.9 Å². The predicted molar refractivity (Wildman–Crippen MR) is 114 cm³/mol. The Bertz CT molecular complexity index is 524. The van der Waals surface area contributed by atoms with E-state index in [1.165, 1.54) is 43.5 Å². The van der Waals surface area contributed by atoms with Crippen LogP contribution < -0.4 is 10.6 Å². The summed E-state index contributed by atoms with van der Waals surface area (Å²) in [6.07, 6.45) is 6.26. The smallest absolute Gasteiger partial charge is 0.191 e. The molecule has 2 rings (SSSR count). The van der Waals surface area contributed by atoms with Crippen LogP contribution in [-0.4, -0.2) is 50.3 Å². The van der Waals surface area contributed by atoms with Crippen molar-refractivity contribution in [1.29, 1.82) is 0 Å². The molecular formula is C22H38N4O. The van der Waals surface area contributed by atoms with Crippen LogP contribution in [0.1, 0.15) is 57.1 Å². The van der Waals surface area contributed by atoms with Crippen LogP contribution in [-0.2, 0) is 17.8 Å². The summed E-state index contributed by atoms with van der Waals surface area (Å²) in [7, 11) is 0. The van der Waals surface area contributed by atoms with Crippen molar-refractivity contribution in [2.24, 2.45) is 4.99 Å². The van der Waals surface area contributed by atoms with Gasteiger partial charge in [0.15, 0.2) is 5.96 Å². The Balaban J connectivity index is 1.74. The Kier molecular flexibility index (Phi) is 10.9. The van der Waals surface area contributed by atoms with Crippen molar-refractivity contribution in [3.05, 3.63) is 35.4 Å². The molecule has 0 spiro atoms. The molecule has 0 radical (unpaired) electrons. The van der Waals surface area contributed by atoms with Gasteiger partial charge < -0.3 is 15.4 Å². The lowest BCUT2D eigenvalue weighted by Gasteiger charge is -2.26. The lowest BCUT2D eigenvalue weighted by molar-refractivity contribution is 0.143. The van der Waals surface area contributed by atoms with Gasteiger partial charge in [0.2, 0.25) is 0 Å². The maximum atomic E-state index is 5.37. The van der Waals surface area contributed by atoms with Crippen molar-refractivity contribution < 1.29 is 4.74 Å². The van der Waals surface area contributed by atoms with Gasteiger partial charge in [0, 0.05) is 32.8 Å². The molecule has 1 aromatic carbocycles. The highest BCUT2D eigenvalue weighted by atomic mass is 16.5. The molecule has 0 aliphatic carbocycles. The van der Waals surface area contributed by atoms with E-state index in [0.717, 1.165) is 51.6 Å². The Morgan fingerprint density at radius 3 is 2.44 bits per heavy atom. The molecule has 1 heterocycles. The molecular weight excluding hydrogens is 336 g/mol. The molecule has 1 fully saturated rings. The molecule has 1 aliphatic rings. The summed E-state index contributed by atoms with van der Waals surface area (Å²) in [5, 5.41) is 6.73. The van der Waals surface area contributed by atoms with Gasteiger partial charge in [-0.1, -0.05) is 30.7 Å². The minimum Gasteiger partial charge on any atom is -0.382 e. The van der Waals surface area contributed by atoms with Gasteiger partial charge in [0.05, 0.1) is 6.54 Å². The van der Waals surface area contributed by atoms with E-state index in [1.807, 2.05) is 6.92 Å². The second-order valence-corrected chi connectivity index (χ2v) is 7.18. The molecule has 0 amide bonds. The summed E-state index contributed by atoms with van der Waals surface area (Å²) in [4.78, 5) is 7.28. The van der Waals surface area contributed by atoms with Crippen molar-refractivity contribution in [2.45, 2.75) is 59.0 Å². The van der Waals surface area contributed by atoms with Gasteiger partial charge in [-0.3, -0.25) is 4.90 Å². The second kappa shape index (κ2) is 13.6. The molecule has 1 aliphatic heterocycles. The molecule has 0 aromatic heterocycles. The van der Waals surface area contributed by atoms with Gasteiger partial charge in [-0.25, -0.2) is 4.99 Å². The number of nitrogens with one attached hydrogen (secondary N) is 2. The lowest BCUT2D eigenvalue weighted by atomic mass is 10.1. The van der Waals surface area contributed by atoms with E-state index < -0.39 is 0 Å². The number of unbranched alkanes of at least 4 members (excludes halogenated alkanes) is 1. The first-order valence-corrected chi connectivity index (χ1v) is 10.7. The number of piperidine rings is 1. The average molecular weight is 375 g/mol. The van der Waals surface area contributed by atoms with Gasteiger partial charge >= 0.3 is 0 Å². The average Bonchev–Trinajstić information content (AvgIpc) is 2.70. The van der Waals surface area contributed by atoms with Crippen molar-refractivity contribution in [3.8, 4) is 0 Å². The molecule has 0 unspecified atom stereocenters. The van der Waals surface area contributed by atoms with E-state index >= 15 is 0 Å². The maximum Gasteiger partial charge on any atom is 0.191 e. The first-order chi connectivity index (χ1) is 13.3. The fourth-order valence-electron chi connectivity index (χ4n) is 3.32. The number of nitrogens with zero attached hydrogens (tertiary/aromatic N) is 2. The number of guanidine groups is 1. The standard InChI is InChI=1S/C22H38N4O/c1-3-23-22(24-14-6-9-17-27-4-2)25-18-20-10-12-21(13-11-20)19-26-15-7-5-8-16-26/h10-13H,3-9,14-19H2,1-2H3,(H2,23,24,25). The Morgan fingerprint density at radius 2 is 1.74 bits per heavy atom. The number of aliphatic imine (C=N–C) groups is 1.